The first-order chi connectivity index (χ1) is 17.7. The van der Waals surface area contributed by atoms with Crippen molar-refractivity contribution >= 4 is 34.9 Å². The minimum atomic E-state index is -0.693. The van der Waals surface area contributed by atoms with Gasteiger partial charge in [0.2, 0.25) is 0 Å². The summed E-state index contributed by atoms with van der Waals surface area (Å²) in [6.45, 7) is 9.53. The van der Waals surface area contributed by atoms with Crippen LogP contribution >= 0.6 is 11.3 Å². The van der Waals surface area contributed by atoms with E-state index >= 15 is 0 Å². The predicted octanol–water partition coefficient (Wildman–Crippen LogP) is 5.13. The Hall–Kier alpha value is -3.33. The van der Waals surface area contributed by atoms with Crippen LogP contribution in [0.3, 0.4) is 0 Å². The lowest BCUT2D eigenvalue weighted by molar-refractivity contribution is -0.142. The molecule has 2 aliphatic rings. The summed E-state index contributed by atoms with van der Waals surface area (Å²) in [6, 6.07) is 8.10. The molecule has 4 rings (SSSR count). The van der Waals surface area contributed by atoms with Crippen LogP contribution in [-0.4, -0.2) is 65.0 Å². The summed E-state index contributed by atoms with van der Waals surface area (Å²) in [6.07, 6.45) is 0.678. The van der Waals surface area contributed by atoms with Gasteiger partial charge in [0.25, 0.3) is 11.7 Å². The lowest BCUT2D eigenvalue weighted by Gasteiger charge is -2.38. The van der Waals surface area contributed by atoms with E-state index in [1.807, 2.05) is 24.4 Å². The number of ketones is 1. The lowest BCUT2D eigenvalue weighted by atomic mass is 9.97. The number of likely N-dealkylation sites (tertiary alicyclic amines) is 2. The Morgan fingerprint density at radius 2 is 1.92 bits per heavy atom. The summed E-state index contributed by atoms with van der Waals surface area (Å²) in [5.41, 5.74) is 1.39. The highest BCUT2D eigenvalue weighted by Gasteiger charge is 2.49. The summed E-state index contributed by atoms with van der Waals surface area (Å²) in [4.78, 5) is 42.9. The molecule has 2 aliphatic heterocycles. The molecule has 1 atom stereocenters. The molecule has 1 unspecified atom stereocenters. The molecule has 198 valence electrons. The maximum Gasteiger partial charge on any atom is 0.409 e. The minimum Gasteiger partial charge on any atom is -0.507 e. The van der Waals surface area contributed by atoms with Gasteiger partial charge in [-0.3, -0.25) is 9.59 Å². The molecule has 1 N–H and O–H groups in total. The molecule has 0 radical (unpaired) electrons. The van der Waals surface area contributed by atoms with Gasteiger partial charge < -0.3 is 24.4 Å². The van der Waals surface area contributed by atoms with Crippen LogP contribution in [0.15, 0.2) is 41.3 Å². The van der Waals surface area contributed by atoms with Crippen LogP contribution in [0.1, 0.15) is 55.7 Å². The molecule has 9 heteroatoms. The molecule has 0 saturated carbocycles. The molecule has 2 amide bonds. The normalized spacial score (nSPS) is 20.1. The Balaban J connectivity index is 1.66. The number of aryl methyl sites for hydroxylation is 1. The van der Waals surface area contributed by atoms with Gasteiger partial charge in [0.05, 0.1) is 24.8 Å². The zero-order chi connectivity index (χ0) is 26.7. The summed E-state index contributed by atoms with van der Waals surface area (Å²) in [5, 5.41) is 13.3. The second kappa shape index (κ2) is 11.4. The number of amides is 2. The van der Waals surface area contributed by atoms with E-state index in [0.29, 0.717) is 56.4 Å². The van der Waals surface area contributed by atoms with Gasteiger partial charge in [-0.2, -0.15) is 0 Å². The maximum atomic E-state index is 13.4. The first-order valence-electron chi connectivity index (χ1n) is 12.7. The molecule has 8 nitrogen and oxygen atoms in total. The van der Waals surface area contributed by atoms with E-state index in [0.717, 1.165) is 10.4 Å². The van der Waals surface area contributed by atoms with Crippen molar-refractivity contribution < 1.29 is 29.0 Å². The molecule has 3 heterocycles. The lowest BCUT2D eigenvalue weighted by Crippen LogP contribution is -2.48. The number of ether oxygens (including phenoxy) is 2. The molecular formula is C28H34N2O6S. The highest BCUT2D eigenvalue weighted by Crippen LogP contribution is 2.44. The van der Waals surface area contributed by atoms with E-state index in [4.69, 9.17) is 9.47 Å². The van der Waals surface area contributed by atoms with Crippen LogP contribution in [0.4, 0.5) is 4.79 Å². The third kappa shape index (κ3) is 5.51. The number of benzene rings is 1. The smallest absolute Gasteiger partial charge is 0.409 e. The Morgan fingerprint density at radius 3 is 2.51 bits per heavy atom. The quantitative estimate of drug-likeness (QED) is 0.305. The fourth-order valence-electron chi connectivity index (χ4n) is 4.86. The van der Waals surface area contributed by atoms with Crippen molar-refractivity contribution in [1.82, 2.24) is 9.80 Å². The van der Waals surface area contributed by atoms with Crippen LogP contribution in [0.25, 0.3) is 5.76 Å². The van der Waals surface area contributed by atoms with Crippen molar-refractivity contribution in [3.8, 4) is 5.75 Å². The predicted molar refractivity (Wildman–Crippen MR) is 142 cm³/mol. The first-order valence-corrected chi connectivity index (χ1v) is 13.6. The van der Waals surface area contributed by atoms with Crippen molar-refractivity contribution in [1.29, 1.82) is 0 Å². The van der Waals surface area contributed by atoms with E-state index < -0.39 is 17.7 Å². The van der Waals surface area contributed by atoms with Gasteiger partial charge in [-0.05, 0) is 67.8 Å². The molecular weight excluding hydrogens is 492 g/mol. The zero-order valence-electron chi connectivity index (χ0n) is 21.7. The maximum absolute atomic E-state index is 13.4. The molecule has 37 heavy (non-hydrogen) atoms. The van der Waals surface area contributed by atoms with Gasteiger partial charge in [0, 0.05) is 29.6 Å². The number of aliphatic hydroxyl groups is 1. The van der Waals surface area contributed by atoms with Crippen LogP contribution in [0, 0.1) is 12.8 Å². The third-order valence-electron chi connectivity index (χ3n) is 6.70. The number of Topliss-reactive ketones (excluding diaryl/α,β-unsaturated/α-hetero) is 1. The van der Waals surface area contributed by atoms with Gasteiger partial charge in [-0.1, -0.05) is 19.9 Å². The summed E-state index contributed by atoms with van der Waals surface area (Å²) >= 11 is 1.44. The molecule has 2 saturated heterocycles. The molecule has 1 aromatic heterocycles. The van der Waals surface area contributed by atoms with Gasteiger partial charge in [0.1, 0.15) is 11.5 Å². The second-order valence-corrected chi connectivity index (χ2v) is 10.8. The number of piperidine rings is 1. The van der Waals surface area contributed by atoms with Crippen molar-refractivity contribution in [2.75, 3.05) is 26.3 Å². The average Bonchev–Trinajstić information content (AvgIpc) is 3.50. The molecule has 0 aliphatic carbocycles. The van der Waals surface area contributed by atoms with Gasteiger partial charge in [-0.25, -0.2) is 4.79 Å². The van der Waals surface area contributed by atoms with Crippen molar-refractivity contribution in [3.63, 3.8) is 0 Å². The van der Waals surface area contributed by atoms with Crippen LogP contribution in [-0.2, 0) is 14.3 Å². The number of nitrogens with zero attached hydrogens (tertiary/aromatic N) is 2. The summed E-state index contributed by atoms with van der Waals surface area (Å²) in [7, 11) is 0. The Bertz CT molecular complexity index is 1180. The summed E-state index contributed by atoms with van der Waals surface area (Å²) in [5.74, 6) is -0.418. The molecule has 0 bridgehead atoms. The van der Waals surface area contributed by atoms with Crippen molar-refractivity contribution in [3.05, 3.63) is 57.3 Å². The highest BCUT2D eigenvalue weighted by molar-refractivity contribution is 7.10. The van der Waals surface area contributed by atoms with Crippen LogP contribution in [0.5, 0.6) is 5.75 Å². The fraction of sp³-hybridized carbons (Fsp3) is 0.464. The standard InChI is InChI=1S/C28H34N2O6S/c1-5-35-28(34)29-12-10-20(11-13-29)30-24(22-7-6-14-37-22)23(26(32)27(30)33)25(31)19-8-9-21(18(4)15-19)36-16-17(2)3/h6-9,14-15,17,20,24,31H,5,10-13,16H2,1-4H3/b25-23-. The monoisotopic (exact) mass is 526 g/mol. The number of hydrogen-bond acceptors (Lipinski definition) is 7. The van der Waals surface area contributed by atoms with Gasteiger partial charge in [0.15, 0.2) is 0 Å². The van der Waals surface area contributed by atoms with Crippen molar-refractivity contribution in [2.24, 2.45) is 5.92 Å². The zero-order valence-corrected chi connectivity index (χ0v) is 22.5. The topological polar surface area (TPSA) is 96.4 Å². The van der Waals surface area contributed by atoms with Crippen LogP contribution in [0.2, 0.25) is 0 Å². The van der Waals surface area contributed by atoms with E-state index in [9.17, 15) is 19.5 Å². The number of carbonyl (C=O) groups excluding carboxylic acids is 3. The number of thiophene rings is 1. The van der Waals surface area contributed by atoms with E-state index in [2.05, 4.69) is 13.8 Å². The minimum absolute atomic E-state index is 0.0931. The first kappa shape index (κ1) is 26.7. The van der Waals surface area contributed by atoms with E-state index in [1.54, 1.807) is 34.9 Å². The molecule has 1 aromatic carbocycles. The Labute approximate surface area is 221 Å². The van der Waals surface area contributed by atoms with Crippen LogP contribution < -0.4 is 4.74 Å². The average molecular weight is 527 g/mol. The Morgan fingerprint density at radius 1 is 1.19 bits per heavy atom. The number of hydrogen-bond donors (Lipinski definition) is 1. The second-order valence-electron chi connectivity index (χ2n) is 9.82. The summed E-state index contributed by atoms with van der Waals surface area (Å²) < 4.78 is 11.0. The van der Waals surface area contributed by atoms with E-state index in [1.165, 1.54) is 11.3 Å². The Kier molecular flexibility index (Phi) is 8.22. The van der Waals surface area contributed by atoms with Gasteiger partial charge >= 0.3 is 6.09 Å². The van der Waals surface area contributed by atoms with E-state index in [-0.39, 0.29) is 23.5 Å². The molecule has 2 fully saturated rings. The third-order valence-corrected chi connectivity index (χ3v) is 7.62. The number of carbonyl (C=O) groups is 3. The number of aliphatic hydroxyl groups excluding tert-OH is 1. The van der Waals surface area contributed by atoms with Gasteiger partial charge in [-0.15, -0.1) is 11.3 Å². The van der Waals surface area contributed by atoms with Crippen molar-refractivity contribution in [2.45, 2.75) is 52.6 Å². The number of rotatable bonds is 7. The molecule has 2 aromatic rings. The highest BCUT2D eigenvalue weighted by atomic mass is 32.1. The largest absolute Gasteiger partial charge is 0.507 e. The SMILES string of the molecule is CCOC(=O)N1CCC(N2C(=O)C(=O)/C(=C(\O)c3ccc(OCC(C)C)c(C)c3)C2c2cccs2)CC1. The fourth-order valence-corrected chi connectivity index (χ4v) is 5.70. The molecule has 0 spiro atoms.